The number of carbonyl (C=O) groups excluding carboxylic acids is 1. The molecule has 0 saturated carbocycles. The summed E-state index contributed by atoms with van der Waals surface area (Å²) in [7, 11) is 1.39. The average Bonchev–Trinajstić information content (AvgIpc) is 3.38. The molecule has 1 unspecified atom stereocenters. The number of carbonyl (C=O) groups is 2. The molecule has 5 rings (SSSR count). The highest BCUT2D eigenvalue weighted by atomic mass is 35.5. The first-order valence-electron chi connectivity index (χ1n) is 10.2. The highest BCUT2D eigenvalue weighted by Gasteiger charge is 2.35. The Labute approximate surface area is 192 Å². The van der Waals surface area contributed by atoms with Crippen LogP contribution in [0.2, 0.25) is 5.02 Å². The minimum atomic E-state index is -0.957. The third kappa shape index (κ3) is 3.30. The van der Waals surface area contributed by atoms with Crippen LogP contribution < -0.4 is 4.90 Å². The SMILES string of the molecule is CCc1cc(C(=O)O)cc2sc(N3Cc4[nH]c5ccc(Cl)cc5c4C(C(=O)OC)C3)nc12. The second-order valence-corrected chi connectivity index (χ2v) is 9.25. The number of esters is 1. The van der Waals surface area contributed by atoms with E-state index in [4.69, 9.17) is 21.3 Å². The van der Waals surface area contributed by atoms with Crippen LogP contribution in [0.3, 0.4) is 0 Å². The van der Waals surface area contributed by atoms with Crippen molar-refractivity contribution in [2.24, 2.45) is 0 Å². The van der Waals surface area contributed by atoms with Gasteiger partial charge in [0.25, 0.3) is 0 Å². The van der Waals surface area contributed by atoms with Crippen LogP contribution in [0.1, 0.15) is 40.0 Å². The molecule has 1 aliphatic heterocycles. The molecule has 1 aliphatic rings. The van der Waals surface area contributed by atoms with Gasteiger partial charge in [0, 0.05) is 28.2 Å². The number of nitrogens with zero attached hydrogens (tertiary/aromatic N) is 2. The van der Waals surface area contributed by atoms with Gasteiger partial charge < -0.3 is 19.7 Å². The number of fused-ring (bicyclic) bond motifs is 4. The van der Waals surface area contributed by atoms with Gasteiger partial charge in [0.1, 0.15) is 5.92 Å². The zero-order chi connectivity index (χ0) is 22.6. The largest absolute Gasteiger partial charge is 0.478 e. The normalized spacial score (nSPS) is 15.8. The van der Waals surface area contributed by atoms with E-state index in [0.717, 1.165) is 43.1 Å². The lowest BCUT2D eigenvalue weighted by Gasteiger charge is -2.31. The molecule has 32 heavy (non-hydrogen) atoms. The monoisotopic (exact) mass is 469 g/mol. The summed E-state index contributed by atoms with van der Waals surface area (Å²) >= 11 is 7.66. The van der Waals surface area contributed by atoms with Crippen LogP contribution in [-0.2, 0) is 22.5 Å². The van der Waals surface area contributed by atoms with E-state index < -0.39 is 11.9 Å². The minimum absolute atomic E-state index is 0.255. The number of aromatic amines is 1. The number of methoxy groups -OCH3 is 1. The van der Waals surface area contributed by atoms with E-state index >= 15 is 0 Å². The van der Waals surface area contributed by atoms with Gasteiger partial charge in [-0.25, -0.2) is 9.78 Å². The molecule has 1 atom stereocenters. The van der Waals surface area contributed by atoms with Crippen molar-refractivity contribution < 1.29 is 19.4 Å². The van der Waals surface area contributed by atoms with E-state index in [1.165, 1.54) is 18.4 Å². The molecular formula is C23H20ClN3O4S. The Balaban J connectivity index is 1.62. The molecule has 4 aromatic rings. The lowest BCUT2D eigenvalue weighted by atomic mass is 9.92. The zero-order valence-electron chi connectivity index (χ0n) is 17.4. The van der Waals surface area contributed by atoms with Gasteiger partial charge in [-0.3, -0.25) is 4.79 Å². The predicted octanol–water partition coefficient (Wildman–Crippen LogP) is 4.97. The molecule has 2 aromatic carbocycles. The van der Waals surface area contributed by atoms with Gasteiger partial charge in [0.05, 0.1) is 29.4 Å². The summed E-state index contributed by atoms with van der Waals surface area (Å²) in [5.74, 6) is -1.77. The van der Waals surface area contributed by atoms with E-state index in [1.54, 1.807) is 12.1 Å². The van der Waals surface area contributed by atoms with Crippen LogP contribution in [0.5, 0.6) is 0 Å². The number of hydrogen-bond donors (Lipinski definition) is 2. The molecular weight excluding hydrogens is 450 g/mol. The Morgan fingerprint density at radius 1 is 1.34 bits per heavy atom. The molecule has 9 heteroatoms. The predicted molar refractivity (Wildman–Crippen MR) is 125 cm³/mol. The van der Waals surface area contributed by atoms with Crippen LogP contribution in [-0.4, -0.2) is 40.7 Å². The van der Waals surface area contributed by atoms with Crippen LogP contribution in [0.25, 0.3) is 21.1 Å². The van der Waals surface area contributed by atoms with Gasteiger partial charge >= 0.3 is 11.9 Å². The smallest absolute Gasteiger partial charge is 0.335 e. The maximum Gasteiger partial charge on any atom is 0.335 e. The molecule has 0 spiro atoms. The minimum Gasteiger partial charge on any atom is -0.478 e. The van der Waals surface area contributed by atoms with E-state index in [2.05, 4.69) is 4.98 Å². The number of anilines is 1. The Morgan fingerprint density at radius 3 is 2.88 bits per heavy atom. The zero-order valence-corrected chi connectivity index (χ0v) is 19.0. The Morgan fingerprint density at radius 2 is 2.16 bits per heavy atom. The molecule has 3 heterocycles. The van der Waals surface area contributed by atoms with E-state index in [9.17, 15) is 14.7 Å². The summed E-state index contributed by atoms with van der Waals surface area (Å²) in [6.07, 6.45) is 0.679. The Hall–Kier alpha value is -3.10. The van der Waals surface area contributed by atoms with Crippen molar-refractivity contribution in [3.8, 4) is 0 Å². The summed E-state index contributed by atoms with van der Waals surface area (Å²) in [4.78, 5) is 34.6. The summed E-state index contributed by atoms with van der Waals surface area (Å²) in [6, 6.07) is 8.94. The first kappa shape index (κ1) is 20.8. The number of H-pyrrole nitrogens is 1. The van der Waals surface area contributed by atoms with Gasteiger partial charge in [-0.2, -0.15) is 0 Å². The molecule has 0 fully saturated rings. The van der Waals surface area contributed by atoms with Crippen LogP contribution in [0.15, 0.2) is 30.3 Å². The Bertz CT molecular complexity index is 1390. The first-order valence-corrected chi connectivity index (χ1v) is 11.4. The maximum atomic E-state index is 12.7. The van der Waals surface area contributed by atoms with Gasteiger partial charge in [0.15, 0.2) is 5.13 Å². The molecule has 0 radical (unpaired) electrons. The molecule has 0 aliphatic carbocycles. The average molecular weight is 470 g/mol. The first-order chi connectivity index (χ1) is 15.4. The number of carboxylic acid groups (broad SMARTS) is 1. The van der Waals surface area contributed by atoms with Crippen LogP contribution >= 0.6 is 22.9 Å². The summed E-state index contributed by atoms with van der Waals surface area (Å²) in [5, 5.41) is 11.7. The fourth-order valence-corrected chi connectivity index (χ4v) is 5.66. The molecule has 164 valence electrons. The molecule has 0 bridgehead atoms. The molecule has 0 saturated heterocycles. The van der Waals surface area contributed by atoms with E-state index in [1.807, 2.05) is 30.0 Å². The molecule has 2 aromatic heterocycles. The fourth-order valence-electron chi connectivity index (χ4n) is 4.43. The summed E-state index contributed by atoms with van der Waals surface area (Å²) in [6.45, 7) is 2.93. The van der Waals surface area contributed by atoms with Gasteiger partial charge in [-0.15, -0.1) is 0 Å². The number of carboxylic acids is 1. The van der Waals surface area contributed by atoms with Crippen LogP contribution in [0.4, 0.5) is 5.13 Å². The lowest BCUT2D eigenvalue weighted by molar-refractivity contribution is -0.142. The summed E-state index contributed by atoms with van der Waals surface area (Å²) < 4.78 is 5.94. The quantitative estimate of drug-likeness (QED) is 0.410. The number of aromatic nitrogens is 2. The maximum absolute atomic E-state index is 12.7. The van der Waals surface area contributed by atoms with Gasteiger partial charge in [0.2, 0.25) is 0 Å². The number of aryl methyl sites for hydroxylation is 1. The van der Waals surface area contributed by atoms with Crippen molar-refractivity contribution in [3.63, 3.8) is 0 Å². The fraction of sp³-hybridized carbons (Fsp3) is 0.261. The third-order valence-electron chi connectivity index (χ3n) is 5.93. The second-order valence-electron chi connectivity index (χ2n) is 7.80. The summed E-state index contributed by atoms with van der Waals surface area (Å²) in [5.41, 5.74) is 4.70. The van der Waals surface area contributed by atoms with E-state index in [0.29, 0.717) is 24.5 Å². The highest BCUT2D eigenvalue weighted by molar-refractivity contribution is 7.22. The van der Waals surface area contributed by atoms with Crippen molar-refractivity contribution in [2.75, 3.05) is 18.6 Å². The number of benzene rings is 2. The van der Waals surface area contributed by atoms with Crippen molar-refractivity contribution in [2.45, 2.75) is 25.8 Å². The number of rotatable bonds is 4. The number of hydrogen-bond acceptors (Lipinski definition) is 6. The van der Waals surface area contributed by atoms with Crippen molar-refractivity contribution in [3.05, 3.63) is 57.7 Å². The van der Waals surface area contributed by atoms with Crippen molar-refractivity contribution in [1.29, 1.82) is 0 Å². The molecule has 0 amide bonds. The van der Waals surface area contributed by atoms with Crippen molar-refractivity contribution >= 4 is 61.1 Å². The second kappa shape index (κ2) is 7.79. The number of thiazole rings is 1. The van der Waals surface area contributed by atoms with Crippen molar-refractivity contribution in [1.82, 2.24) is 9.97 Å². The van der Waals surface area contributed by atoms with Gasteiger partial charge in [-0.05, 0) is 47.9 Å². The lowest BCUT2D eigenvalue weighted by Crippen LogP contribution is -2.37. The number of halogens is 1. The highest BCUT2D eigenvalue weighted by Crippen LogP contribution is 2.40. The number of ether oxygens (including phenoxy) is 1. The van der Waals surface area contributed by atoms with Gasteiger partial charge in [-0.1, -0.05) is 29.9 Å². The number of nitrogens with one attached hydrogen (secondary N) is 1. The topological polar surface area (TPSA) is 95.5 Å². The third-order valence-corrected chi connectivity index (χ3v) is 7.23. The standard InChI is InChI=1S/C23H20ClN3O4S/c1-3-11-6-12(21(28)29)7-18-20(11)26-23(32-18)27-9-15(22(30)31-2)19-14-8-13(24)4-5-16(14)25-17(19)10-27/h4-8,15,25H,3,9-10H2,1-2H3,(H,28,29). The van der Waals surface area contributed by atoms with E-state index in [-0.39, 0.29) is 11.5 Å². The molecule has 7 nitrogen and oxygen atoms in total. The number of aromatic carboxylic acids is 1. The van der Waals surface area contributed by atoms with Crippen LogP contribution in [0, 0.1) is 0 Å². The molecule has 2 N–H and O–H groups in total. The Kier molecular flexibility index (Phi) is 5.06.